The zero-order valence-corrected chi connectivity index (χ0v) is 10.5. The number of ether oxygens (including phenoxy) is 1. The Balaban J connectivity index is 1.70. The Hall–Kier alpha value is -1.64. The zero-order chi connectivity index (χ0) is 12.6. The number of hydrogen-bond acceptors (Lipinski definition) is 2. The number of rotatable bonds is 6. The van der Waals surface area contributed by atoms with Gasteiger partial charge in [0.25, 0.3) is 0 Å². The summed E-state index contributed by atoms with van der Waals surface area (Å²) in [5, 5.41) is 0. The molecule has 0 radical (unpaired) electrons. The standard InChI is InChI=1S/C16H19NO/c17-16(15-9-5-2-6-10-15)13-18-12-11-14-7-3-1-4-8-14/h1-10,16H,11-13,17H2. The first-order chi connectivity index (χ1) is 8.86. The predicted octanol–water partition coefficient (Wildman–Crippen LogP) is 2.95. The van der Waals surface area contributed by atoms with Crippen LogP contribution in [0.1, 0.15) is 17.2 Å². The summed E-state index contributed by atoms with van der Waals surface area (Å²) in [5.41, 5.74) is 8.47. The summed E-state index contributed by atoms with van der Waals surface area (Å²) in [4.78, 5) is 0. The third-order valence-corrected chi connectivity index (χ3v) is 2.90. The van der Waals surface area contributed by atoms with E-state index in [1.807, 2.05) is 48.5 Å². The lowest BCUT2D eigenvalue weighted by Crippen LogP contribution is -2.17. The van der Waals surface area contributed by atoms with Crippen LogP contribution in [0.5, 0.6) is 0 Å². The highest BCUT2D eigenvalue weighted by atomic mass is 16.5. The topological polar surface area (TPSA) is 35.2 Å². The minimum atomic E-state index is -0.0398. The average Bonchev–Trinajstić information content (AvgIpc) is 2.45. The lowest BCUT2D eigenvalue weighted by Gasteiger charge is -2.12. The van der Waals surface area contributed by atoms with Gasteiger partial charge in [-0.15, -0.1) is 0 Å². The van der Waals surface area contributed by atoms with E-state index in [0.29, 0.717) is 13.2 Å². The number of nitrogens with two attached hydrogens (primary N) is 1. The molecule has 0 aliphatic rings. The van der Waals surface area contributed by atoms with Crippen LogP contribution in [0.2, 0.25) is 0 Å². The predicted molar refractivity (Wildman–Crippen MR) is 74.3 cm³/mol. The van der Waals surface area contributed by atoms with Gasteiger partial charge in [0.15, 0.2) is 0 Å². The van der Waals surface area contributed by atoms with Crippen LogP contribution in [-0.2, 0) is 11.2 Å². The van der Waals surface area contributed by atoms with E-state index in [4.69, 9.17) is 10.5 Å². The highest BCUT2D eigenvalue weighted by Crippen LogP contribution is 2.09. The Bertz CT molecular complexity index is 441. The number of hydrogen-bond donors (Lipinski definition) is 1. The van der Waals surface area contributed by atoms with Crippen molar-refractivity contribution in [2.75, 3.05) is 13.2 Å². The van der Waals surface area contributed by atoms with Crippen LogP contribution in [0, 0.1) is 0 Å². The molecule has 0 aromatic heterocycles. The van der Waals surface area contributed by atoms with Crippen LogP contribution in [0.25, 0.3) is 0 Å². The first kappa shape index (κ1) is 12.8. The van der Waals surface area contributed by atoms with Crippen molar-refractivity contribution in [2.45, 2.75) is 12.5 Å². The van der Waals surface area contributed by atoms with Crippen molar-refractivity contribution in [1.29, 1.82) is 0 Å². The second kappa shape index (κ2) is 6.94. The Morgan fingerprint density at radius 2 is 1.50 bits per heavy atom. The fourth-order valence-corrected chi connectivity index (χ4v) is 1.84. The summed E-state index contributed by atoms with van der Waals surface area (Å²) in [5.74, 6) is 0. The first-order valence-corrected chi connectivity index (χ1v) is 6.28. The molecule has 0 spiro atoms. The Morgan fingerprint density at radius 1 is 0.889 bits per heavy atom. The lowest BCUT2D eigenvalue weighted by molar-refractivity contribution is 0.124. The summed E-state index contributed by atoms with van der Waals surface area (Å²) < 4.78 is 5.63. The number of benzene rings is 2. The van der Waals surface area contributed by atoms with Crippen LogP contribution < -0.4 is 5.73 Å². The second-order valence-corrected chi connectivity index (χ2v) is 4.33. The Morgan fingerprint density at radius 3 is 2.17 bits per heavy atom. The quantitative estimate of drug-likeness (QED) is 0.789. The summed E-state index contributed by atoms with van der Waals surface area (Å²) >= 11 is 0. The third kappa shape index (κ3) is 3.99. The third-order valence-electron chi connectivity index (χ3n) is 2.90. The molecule has 0 bridgehead atoms. The molecular weight excluding hydrogens is 222 g/mol. The van der Waals surface area contributed by atoms with Gasteiger partial charge in [0.2, 0.25) is 0 Å². The Labute approximate surface area is 108 Å². The molecule has 1 atom stereocenters. The SMILES string of the molecule is NC(COCCc1ccccc1)c1ccccc1. The van der Waals surface area contributed by atoms with Gasteiger partial charge in [-0.3, -0.25) is 0 Å². The van der Waals surface area contributed by atoms with Gasteiger partial charge in [-0.05, 0) is 17.5 Å². The van der Waals surface area contributed by atoms with Gasteiger partial charge in [-0.25, -0.2) is 0 Å². The molecule has 0 saturated heterocycles. The molecule has 18 heavy (non-hydrogen) atoms. The van der Waals surface area contributed by atoms with Crippen molar-refractivity contribution in [3.63, 3.8) is 0 Å². The van der Waals surface area contributed by atoms with E-state index in [2.05, 4.69) is 12.1 Å². The van der Waals surface area contributed by atoms with Gasteiger partial charge < -0.3 is 10.5 Å². The summed E-state index contributed by atoms with van der Waals surface area (Å²) in [6, 6.07) is 20.4. The van der Waals surface area contributed by atoms with Gasteiger partial charge in [-0.1, -0.05) is 60.7 Å². The smallest absolute Gasteiger partial charge is 0.0659 e. The van der Waals surface area contributed by atoms with Crippen LogP contribution in [0.4, 0.5) is 0 Å². The van der Waals surface area contributed by atoms with E-state index in [1.165, 1.54) is 5.56 Å². The maximum absolute atomic E-state index is 6.05. The first-order valence-electron chi connectivity index (χ1n) is 6.28. The molecule has 2 nitrogen and oxygen atoms in total. The van der Waals surface area contributed by atoms with Crippen molar-refractivity contribution in [3.05, 3.63) is 71.8 Å². The summed E-state index contributed by atoms with van der Waals surface area (Å²) in [7, 11) is 0. The molecule has 1 unspecified atom stereocenters. The molecule has 2 N–H and O–H groups in total. The van der Waals surface area contributed by atoms with Crippen LogP contribution in [0.3, 0.4) is 0 Å². The molecule has 2 aromatic carbocycles. The van der Waals surface area contributed by atoms with Gasteiger partial charge in [0.05, 0.1) is 19.3 Å². The fourth-order valence-electron chi connectivity index (χ4n) is 1.84. The highest BCUT2D eigenvalue weighted by Gasteiger charge is 2.04. The van der Waals surface area contributed by atoms with Gasteiger partial charge in [0, 0.05) is 0 Å². The maximum Gasteiger partial charge on any atom is 0.0659 e. The molecule has 2 rings (SSSR count). The summed E-state index contributed by atoms with van der Waals surface area (Å²) in [6.45, 7) is 1.28. The molecule has 2 heteroatoms. The lowest BCUT2D eigenvalue weighted by atomic mass is 10.1. The molecular formula is C16H19NO. The minimum Gasteiger partial charge on any atom is -0.379 e. The second-order valence-electron chi connectivity index (χ2n) is 4.33. The molecule has 0 amide bonds. The molecule has 0 heterocycles. The van der Waals surface area contributed by atoms with Gasteiger partial charge in [-0.2, -0.15) is 0 Å². The van der Waals surface area contributed by atoms with Crippen molar-refractivity contribution < 1.29 is 4.74 Å². The maximum atomic E-state index is 6.05. The highest BCUT2D eigenvalue weighted by molar-refractivity contribution is 5.18. The van der Waals surface area contributed by atoms with E-state index in [0.717, 1.165) is 12.0 Å². The summed E-state index contributed by atoms with van der Waals surface area (Å²) in [6.07, 6.45) is 0.933. The van der Waals surface area contributed by atoms with Crippen LogP contribution in [0.15, 0.2) is 60.7 Å². The molecule has 94 valence electrons. The monoisotopic (exact) mass is 241 g/mol. The van der Waals surface area contributed by atoms with Gasteiger partial charge in [0.1, 0.15) is 0 Å². The fraction of sp³-hybridized carbons (Fsp3) is 0.250. The van der Waals surface area contributed by atoms with Crippen molar-refractivity contribution in [3.8, 4) is 0 Å². The molecule has 0 aliphatic heterocycles. The van der Waals surface area contributed by atoms with E-state index in [1.54, 1.807) is 0 Å². The van der Waals surface area contributed by atoms with E-state index < -0.39 is 0 Å². The Kier molecular flexibility index (Phi) is 4.94. The molecule has 0 fully saturated rings. The molecule has 0 saturated carbocycles. The molecule has 0 aliphatic carbocycles. The molecule has 2 aromatic rings. The van der Waals surface area contributed by atoms with Crippen molar-refractivity contribution >= 4 is 0 Å². The zero-order valence-electron chi connectivity index (χ0n) is 10.5. The van der Waals surface area contributed by atoms with Crippen LogP contribution in [-0.4, -0.2) is 13.2 Å². The normalized spacial score (nSPS) is 12.3. The van der Waals surface area contributed by atoms with E-state index >= 15 is 0 Å². The van der Waals surface area contributed by atoms with Crippen LogP contribution >= 0.6 is 0 Å². The van der Waals surface area contributed by atoms with Crippen molar-refractivity contribution in [1.82, 2.24) is 0 Å². The van der Waals surface area contributed by atoms with E-state index in [-0.39, 0.29) is 6.04 Å². The van der Waals surface area contributed by atoms with E-state index in [9.17, 15) is 0 Å². The van der Waals surface area contributed by atoms with Gasteiger partial charge >= 0.3 is 0 Å². The largest absolute Gasteiger partial charge is 0.379 e. The minimum absolute atomic E-state index is 0.0398. The van der Waals surface area contributed by atoms with Crippen molar-refractivity contribution in [2.24, 2.45) is 5.73 Å². The average molecular weight is 241 g/mol.